The van der Waals surface area contributed by atoms with E-state index < -0.39 is 0 Å². The van der Waals surface area contributed by atoms with E-state index in [4.69, 9.17) is 23.2 Å². The molecule has 0 saturated heterocycles. The molecule has 20 heavy (non-hydrogen) atoms. The zero-order chi connectivity index (χ0) is 14.5. The highest BCUT2D eigenvalue weighted by molar-refractivity contribution is 6.35. The van der Waals surface area contributed by atoms with E-state index in [-0.39, 0.29) is 0 Å². The van der Waals surface area contributed by atoms with E-state index in [1.807, 2.05) is 18.2 Å². The van der Waals surface area contributed by atoms with Crippen molar-refractivity contribution in [3.05, 3.63) is 46.2 Å². The molecule has 5 heteroatoms. The summed E-state index contributed by atoms with van der Waals surface area (Å²) in [7, 11) is 0. The van der Waals surface area contributed by atoms with E-state index in [1.54, 1.807) is 12.3 Å². The number of nitrogens with one attached hydrogen (secondary N) is 1. The molecule has 0 bridgehead atoms. The molecule has 0 aliphatic carbocycles. The number of hydrogen-bond acceptors (Lipinski definition) is 3. The predicted octanol–water partition coefficient (Wildman–Crippen LogP) is 4.20. The molecular formula is C15H17Cl2N3. The predicted molar refractivity (Wildman–Crippen MR) is 84.0 cm³/mol. The third kappa shape index (κ3) is 4.44. The summed E-state index contributed by atoms with van der Waals surface area (Å²) >= 11 is 12.0. The first-order chi connectivity index (χ1) is 9.54. The Kier molecular flexibility index (Phi) is 5.35. The van der Waals surface area contributed by atoms with Crippen molar-refractivity contribution >= 4 is 23.2 Å². The van der Waals surface area contributed by atoms with Crippen LogP contribution in [0.2, 0.25) is 10.0 Å². The van der Waals surface area contributed by atoms with Crippen molar-refractivity contribution in [2.45, 2.75) is 20.4 Å². The molecule has 0 atom stereocenters. The Bertz CT molecular complexity index is 565. The van der Waals surface area contributed by atoms with Crippen molar-refractivity contribution in [3.8, 4) is 11.4 Å². The van der Waals surface area contributed by atoms with Crippen LogP contribution in [0, 0.1) is 5.92 Å². The minimum atomic E-state index is 0.583. The summed E-state index contributed by atoms with van der Waals surface area (Å²) in [6, 6.07) is 7.23. The molecule has 0 amide bonds. The van der Waals surface area contributed by atoms with Gasteiger partial charge in [0.25, 0.3) is 0 Å². The number of rotatable bonds is 5. The van der Waals surface area contributed by atoms with Crippen molar-refractivity contribution in [3.63, 3.8) is 0 Å². The minimum Gasteiger partial charge on any atom is -0.311 e. The fraction of sp³-hybridized carbons (Fsp3) is 0.333. The molecule has 106 valence electrons. The molecule has 2 aromatic rings. The van der Waals surface area contributed by atoms with E-state index in [9.17, 15) is 0 Å². The largest absolute Gasteiger partial charge is 0.311 e. The van der Waals surface area contributed by atoms with Gasteiger partial charge < -0.3 is 5.32 Å². The van der Waals surface area contributed by atoms with Crippen LogP contribution in [-0.4, -0.2) is 16.5 Å². The Morgan fingerprint density at radius 1 is 1.15 bits per heavy atom. The van der Waals surface area contributed by atoms with Crippen LogP contribution in [0.25, 0.3) is 11.4 Å². The SMILES string of the molecule is CC(C)CNCc1ccnc(-c2cc(Cl)cc(Cl)c2)n1. The Hall–Kier alpha value is -1.16. The Morgan fingerprint density at radius 2 is 1.85 bits per heavy atom. The van der Waals surface area contributed by atoms with E-state index in [1.165, 1.54) is 0 Å². The molecule has 0 fully saturated rings. The van der Waals surface area contributed by atoms with E-state index in [0.29, 0.717) is 21.8 Å². The summed E-state index contributed by atoms with van der Waals surface area (Å²) in [6.45, 7) is 6.03. The maximum Gasteiger partial charge on any atom is 0.159 e. The van der Waals surface area contributed by atoms with Crippen LogP contribution >= 0.6 is 23.2 Å². The first kappa shape index (κ1) is 15.2. The van der Waals surface area contributed by atoms with Crippen LogP contribution in [0.3, 0.4) is 0 Å². The van der Waals surface area contributed by atoms with Gasteiger partial charge in [-0.2, -0.15) is 0 Å². The maximum absolute atomic E-state index is 6.01. The van der Waals surface area contributed by atoms with Gasteiger partial charge in [0.1, 0.15) is 0 Å². The van der Waals surface area contributed by atoms with Gasteiger partial charge in [-0.25, -0.2) is 9.97 Å². The van der Waals surface area contributed by atoms with Gasteiger partial charge in [0.05, 0.1) is 5.69 Å². The summed E-state index contributed by atoms with van der Waals surface area (Å²) in [4.78, 5) is 8.81. The lowest BCUT2D eigenvalue weighted by molar-refractivity contribution is 0.548. The average Bonchev–Trinajstić information content (AvgIpc) is 2.37. The fourth-order valence-electron chi connectivity index (χ4n) is 1.81. The Labute approximate surface area is 129 Å². The number of halogens is 2. The first-order valence-corrected chi connectivity index (χ1v) is 7.29. The van der Waals surface area contributed by atoms with E-state index in [2.05, 4.69) is 29.1 Å². The highest BCUT2D eigenvalue weighted by Crippen LogP contribution is 2.24. The number of benzene rings is 1. The van der Waals surface area contributed by atoms with Crippen molar-refractivity contribution in [1.29, 1.82) is 0 Å². The van der Waals surface area contributed by atoms with Gasteiger partial charge >= 0.3 is 0 Å². The molecule has 1 aromatic carbocycles. The van der Waals surface area contributed by atoms with Crippen molar-refractivity contribution < 1.29 is 0 Å². The van der Waals surface area contributed by atoms with Gasteiger partial charge in [-0.1, -0.05) is 37.0 Å². The Morgan fingerprint density at radius 3 is 2.50 bits per heavy atom. The average molecular weight is 310 g/mol. The summed E-state index contributed by atoms with van der Waals surface area (Å²) in [6.07, 6.45) is 1.75. The summed E-state index contributed by atoms with van der Waals surface area (Å²) in [5.41, 5.74) is 1.78. The molecule has 0 saturated carbocycles. The summed E-state index contributed by atoms with van der Waals surface area (Å²) in [5.74, 6) is 1.25. The molecule has 0 aliphatic rings. The lowest BCUT2D eigenvalue weighted by atomic mass is 10.2. The minimum absolute atomic E-state index is 0.583. The molecule has 1 N–H and O–H groups in total. The maximum atomic E-state index is 6.01. The quantitative estimate of drug-likeness (QED) is 0.899. The van der Waals surface area contributed by atoms with Crippen LogP contribution in [0.15, 0.2) is 30.5 Å². The smallest absolute Gasteiger partial charge is 0.159 e. The van der Waals surface area contributed by atoms with Gasteiger partial charge in [-0.15, -0.1) is 0 Å². The van der Waals surface area contributed by atoms with Crippen LogP contribution in [-0.2, 0) is 6.54 Å². The van der Waals surface area contributed by atoms with Crippen LogP contribution in [0.5, 0.6) is 0 Å². The molecule has 1 aromatic heterocycles. The van der Waals surface area contributed by atoms with Crippen molar-refractivity contribution in [1.82, 2.24) is 15.3 Å². The second kappa shape index (κ2) is 7.02. The van der Waals surface area contributed by atoms with Crippen LogP contribution < -0.4 is 5.32 Å². The lowest BCUT2D eigenvalue weighted by Crippen LogP contribution is -2.19. The number of hydrogen-bond donors (Lipinski definition) is 1. The van der Waals surface area contributed by atoms with E-state index >= 15 is 0 Å². The van der Waals surface area contributed by atoms with Crippen LogP contribution in [0.1, 0.15) is 19.5 Å². The first-order valence-electron chi connectivity index (χ1n) is 6.53. The standard InChI is InChI=1S/C15H17Cl2N3/c1-10(2)8-18-9-14-3-4-19-15(20-14)11-5-12(16)7-13(17)6-11/h3-7,10,18H,8-9H2,1-2H3. The normalized spacial score (nSPS) is 11.1. The highest BCUT2D eigenvalue weighted by Gasteiger charge is 2.05. The number of aromatic nitrogens is 2. The molecule has 1 heterocycles. The third-order valence-electron chi connectivity index (χ3n) is 2.69. The molecule has 0 spiro atoms. The van der Waals surface area contributed by atoms with Crippen molar-refractivity contribution in [2.24, 2.45) is 5.92 Å². The summed E-state index contributed by atoms with van der Waals surface area (Å²) < 4.78 is 0. The van der Waals surface area contributed by atoms with Gasteiger partial charge in [0.2, 0.25) is 0 Å². The molecule has 0 radical (unpaired) electrons. The number of nitrogens with zero attached hydrogens (tertiary/aromatic N) is 2. The highest BCUT2D eigenvalue weighted by atomic mass is 35.5. The van der Waals surface area contributed by atoms with Gasteiger partial charge in [-0.3, -0.25) is 0 Å². The second-order valence-corrected chi connectivity index (χ2v) is 5.93. The van der Waals surface area contributed by atoms with Crippen molar-refractivity contribution in [2.75, 3.05) is 6.54 Å². The lowest BCUT2D eigenvalue weighted by Gasteiger charge is -2.08. The molecule has 0 unspecified atom stereocenters. The molecule has 2 rings (SSSR count). The second-order valence-electron chi connectivity index (χ2n) is 5.05. The summed E-state index contributed by atoms with van der Waals surface area (Å²) in [5, 5.41) is 4.53. The molecular weight excluding hydrogens is 293 g/mol. The van der Waals surface area contributed by atoms with Gasteiger partial charge in [-0.05, 0) is 36.7 Å². The van der Waals surface area contributed by atoms with Gasteiger partial charge in [0, 0.05) is 28.4 Å². The third-order valence-corrected chi connectivity index (χ3v) is 3.13. The topological polar surface area (TPSA) is 37.8 Å². The monoisotopic (exact) mass is 309 g/mol. The fourth-order valence-corrected chi connectivity index (χ4v) is 2.33. The zero-order valence-electron chi connectivity index (χ0n) is 11.5. The molecule has 3 nitrogen and oxygen atoms in total. The van der Waals surface area contributed by atoms with E-state index in [0.717, 1.165) is 24.3 Å². The zero-order valence-corrected chi connectivity index (χ0v) is 13.0. The van der Waals surface area contributed by atoms with Gasteiger partial charge in [0.15, 0.2) is 5.82 Å². The Balaban J connectivity index is 2.16. The van der Waals surface area contributed by atoms with Crippen LogP contribution in [0.4, 0.5) is 0 Å². The molecule has 0 aliphatic heterocycles.